The quantitative estimate of drug-likeness (QED) is 0.600. The van der Waals surface area contributed by atoms with Crippen LogP contribution in [0.25, 0.3) is 0 Å². The number of amides is 3. The molecule has 3 amide bonds. The topological polar surface area (TPSA) is 52.7 Å². The molecule has 0 spiro atoms. The van der Waals surface area contributed by atoms with Crippen molar-refractivity contribution >= 4 is 23.5 Å². The molecule has 2 aliphatic heterocycles. The van der Waals surface area contributed by atoms with Crippen molar-refractivity contribution in [2.45, 2.75) is 6.04 Å². The molecule has 6 heteroatoms. The van der Waals surface area contributed by atoms with Gasteiger partial charge in [-0.1, -0.05) is 0 Å². The number of urea groups is 1. The van der Waals surface area contributed by atoms with Crippen LogP contribution in [0.15, 0.2) is 0 Å². The van der Waals surface area contributed by atoms with Gasteiger partial charge < -0.3 is 15.1 Å². The lowest BCUT2D eigenvalue weighted by Crippen LogP contribution is -2.54. The summed E-state index contributed by atoms with van der Waals surface area (Å²) >= 11 is 5.47. The van der Waals surface area contributed by atoms with Gasteiger partial charge in [0.1, 0.15) is 5.88 Å². The van der Waals surface area contributed by atoms with E-state index in [1.165, 1.54) is 0 Å². The first kappa shape index (κ1) is 9.58. The van der Waals surface area contributed by atoms with Gasteiger partial charge in [-0.05, 0) is 0 Å². The molecule has 0 aliphatic carbocycles. The molecular formula is C8H12ClN3O2. The van der Waals surface area contributed by atoms with Crippen LogP contribution in [0.3, 0.4) is 0 Å². The van der Waals surface area contributed by atoms with E-state index < -0.39 is 0 Å². The number of alkyl halides is 1. The maximum absolute atomic E-state index is 11.3. The van der Waals surface area contributed by atoms with E-state index in [1.54, 1.807) is 9.80 Å². The number of rotatable bonds is 1. The highest BCUT2D eigenvalue weighted by Gasteiger charge is 2.36. The second kappa shape index (κ2) is 3.65. The molecule has 0 bridgehead atoms. The van der Waals surface area contributed by atoms with Crippen LogP contribution in [0.1, 0.15) is 0 Å². The molecular weight excluding hydrogens is 206 g/mol. The number of piperazine rings is 1. The monoisotopic (exact) mass is 217 g/mol. The minimum Gasteiger partial charge on any atom is -0.338 e. The van der Waals surface area contributed by atoms with Crippen LogP contribution in [0.5, 0.6) is 0 Å². The summed E-state index contributed by atoms with van der Waals surface area (Å²) in [5, 5.41) is 2.76. The van der Waals surface area contributed by atoms with Gasteiger partial charge in [0.25, 0.3) is 0 Å². The Labute approximate surface area is 87.0 Å². The lowest BCUT2D eigenvalue weighted by Gasteiger charge is -2.36. The van der Waals surface area contributed by atoms with E-state index >= 15 is 0 Å². The Hall–Kier alpha value is -0.970. The average Bonchev–Trinajstić information content (AvgIpc) is 2.59. The fourth-order valence-electron chi connectivity index (χ4n) is 1.92. The third kappa shape index (κ3) is 1.52. The highest BCUT2D eigenvalue weighted by Crippen LogP contribution is 2.14. The Balaban J connectivity index is 1.99. The van der Waals surface area contributed by atoms with E-state index in [-0.39, 0.29) is 23.9 Å². The largest absolute Gasteiger partial charge is 0.338 e. The third-order valence-corrected chi connectivity index (χ3v) is 2.93. The number of halogens is 1. The molecule has 0 aromatic rings. The molecule has 0 radical (unpaired) electrons. The number of hydrogen-bond acceptors (Lipinski definition) is 2. The van der Waals surface area contributed by atoms with Gasteiger partial charge in [-0.15, -0.1) is 11.6 Å². The standard InChI is InChI=1S/C8H12ClN3O2/c9-3-7(13)11-1-2-12-6(5-11)4-10-8(12)14/h6H,1-5H2,(H,10,14). The van der Waals surface area contributed by atoms with Gasteiger partial charge in [-0.2, -0.15) is 0 Å². The van der Waals surface area contributed by atoms with Gasteiger partial charge in [0.15, 0.2) is 0 Å². The molecule has 14 heavy (non-hydrogen) atoms. The zero-order valence-electron chi connectivity index (χ0n) is 7.70. The zero-order chi connectivity index (χ0) is 10.1. The van der Waals surface area contributed by atoms with Crippen molar-refractivity contribution in [3.8, 4) is 0 Å². The molecule has 0 aromatic carbocycles. The van der Waals surface area contributed by atoms with Crippen LogP contribution < -0.4 is 5.32 Å². The fraction of sp³-hybridized carbons (Fsp3) is 0.750. The maximum Gasteiger partial charge on any atom is 0.317 e. The molecule has 0 aromatic heterocycles. The van der Waals surface area contributed by atoms with Gasteiger partial charge in [-0.25, -0.2) is 4.79 Å². The summed E-state index contributed by atoms with van der Waals surface area (Å²) in [6, 6.07) is 0.108. The highest BCUT2D eigenvalue weighted by atomic mass is 35.5. The predicted octanol–water partition coefficient (Wildman–Crippen LogP) is -0.539. The third-order valence-electron chi connectivity index (χ3n) is 2.70. The van der Waals surface area contributed by atoms with Crippen LogP contribution in [0, 0.1) is 0 Å². The molecule has 1 atom stereocenters. The second-order valence-electron chi connectivity index (χ2n) is 3.51. The minimum atomic E-state index is -0.0503. The normalized spacial score (nSPS) is 26.1. The van der Waals surface area contributed by atoms with Crippen LogP contribution in [0.4, 0.5) is 4.79 Å². The Kier molecular flexibility index (Phi) is 2.50. The SMILES string of the molecule is O=C(CCl)N1CCN2C(=O)NCC2C1. The van der Waals surface area contributed by atoms with Gasteiger partial charge in [0.05, 0.1) is 6.04 Å². The maximum atomic E-state index is 11.3. The number of fused-ring (bicyclic) bond motifs is 1. The van der Waals surface area contributed by atoms with Crippen LogP contribution >= 0.6 is 11.6 Å². The molecule has 78 valence electrons. The van der Waals surface area contributed by atoms with Crippen LogP contribution in [0.2, 0.25) is 0 Å². The smallest absolute Gasteiger partial charge is 0.317 e. The van der Waals surface area contributed by atoms with Crippen molar-refractivity contribution < 1.29 is 9.59 Å². The number of carbonyl (C=O) groups excluding carboxylic acids is 2. The summed E-state index contributed by atoms with van der Waals surface area (Å²) in [4.78, 5) is 26.0. The number of hydrogen-bond donors (Lipinski definition) is 1. The molecule has 5 nitrogen and oxygen atoms in total. The first-order valence-corrected chi connectivity index (χ1v) is 5.14. The summed E-state index contributed by atoms with van der Waals surface area (Å²) in [5.41, 5.74) is 0. The van der Waals surface area contributed by atoms with E-state index in [0.29, 0.717) is 26.2 Å². The van der Waals surface area contributed by atoms with E-state index in [9.17, 15) is 9.59 Å². The van der Waals surface area contributed by atoms with Crippen molar-refractivity contribution in [3.05, 3.63) is 0 Å². The molecule has 2 fully saturated rings. The lowest BCUT2D eigenvalue weighted by molar-refractivity contribution is -0.130. The van der Waals surface area contributed by atoms with Crippen molar-refractivity contribution in [2.75, 3.05) is 32.1 Å². The average molecular weight is 218 g/mol. The summed E-state index contributed by atoms with van der Waals surface area (Å²) in [6.45, 7) is 2.43. The summed E-state index contributed by atoms with van der Waals surface area (Å²) in [5.74, 6) is -0.0284. The Morgan fingerprint density at radius 3 is 3.07 bits per heavy atom. The molecule has 2 rings (SSSR count). The van der Waals surface area contributed by atoms with Gasteiger partial charge in [-0.3, -0.25) is 4.79 Å². The van der Waals surface area contributed by atoms with Crippen LogP contribution in [-0.4, -0.2) is 59.8 Å². The van der Waals surface area contributed by atoms with Crippen LogP contribution in [-0.2, 0) is 4.79 Å². The Morgan fingerprint density at radius 2 is 2.36 bits per heavy atom. The van der Waals surface area contributed by atoms with Crippen molar-refractivity contribution in [1.29, 1.82) is 0 Å². The minimum absolute atomic E-state index is 0.0204. The first-order valence-electron chi connectivity index (χ1n) is 4.60. The van der Waals surface area contributed by atoms with Gasteiger partial charge in [0, 0.05) is 26.2 Å². The summed E-state index contributed by atoms with van der Waals surface area (Å²) in [7, 11) is 0. The van der Waals surface area contributed by atoms with Crippen molar-refractivity contribution in [3.63, 3.8) is 0 Å². The Morgan fingerprint density at radius 1 is 1.57 bits per heavy atom. The molecule has 2 saturated heterocycles. The van der Waals surface area contributed by atoms with E-state index in [4.69, 9.17) is 11.6 Å². The van der Waals surface area contributed by atoms with E-state index in [1.807, 2.05) is 0 Å². The van der Waals surface area contributed by atoms with Gasteiger partial charge >= 0.3 is 6.03 Å². The second-order valence-corrected chi connectivity index (χ2v) is 3.77. The number of carbonyl (C=O) groups is 2. The van der Waals surface area contributed by atoms with Crippen molar-refractivity contribution in [2.24, 2.45) is 0 Å². The van der Waals surface area contributed by atoms with E-state index in [2.05, 4.69) is 5.32 Å². The molecule has 1 unspecified atom stereocenters. The molecule has 0 saturated carbocycles. The molecule has 1 N–H and O–H groups in total. The summed E-state index contributed by atoms with van der Waals surface area (Å²) in [6.07, 6.45) is 0. The first-order chi connectivity index (χ1) is 6.72. The predicted molar refractivity (Wildman–Crippen MR) is 51.2 cm³/mol. The molecule has 2 aliphatic rings. The summed E-state index contributed by atoms with van der Waals surface area (Å²) < 4.78 is 0. The van der Waals surface area contributed by atoms with Crippen molar-refractivity contribution in [1.82, 2.24) is 15.1 Å². The lowest BCUT2D eigenvalue weighted by atomic mass is 10.2. The number of nitrogens with one attached hydrogen (secondary N) is 1. The molecule has 2 heterocycles. The van der Waals surface area contributed by atoms with E-state index in [0.717, 1.165) is 0 Å². The number of nitrogens with zero attached hydrogens (tertiary/aromatic N) is 2. The Bertz CT molecular complexity index is 271. The highest BCUT2D eigenvalue weighted by molar-refractivity contribution is 6.27. The fourth-order valence-corrected chi connectivity index (χ4v) is 2.08. The zero-order valence-corrected chi connectivity index (χ0v) is 8.46. The van der Waals surface area contributed by atoms with Gasteiger partial charge in [0.2, 0.25) is 5.91 Å².